The molecule has 0 aliphatic heterocycles. The van der Waals surface area contributed by atoms with E-state index >= 15 is 0 Å². The molecule has 1 amide bonds. The second-order valence-corrected chi connectivity index (χ2v) is 6.43. The van der Waals surface area contributed by atoms with E-state index in [4.69, 9.17) is 0 Å². The Kier molecular flexibility index (Phi) is 4.60. The molecule has 9 heteroatoms. The fourth-order valence-electron chi connectivity index (χ4n) is 1.81. The molecule has 0 saturated heterocycles. The van der Waals surface area contributed by atoms with Gasteiger partial charge in [-0.3, -0.25) is 19.6 Å². The van der Waals surface area contributed by atoms with Gasteiger partial charge in [0, 0.05) is 17.7 Å². The van der Waals surface area contributed by atoms with E-state index in [0.29, 0.717) is 0 Å². The van der Waals surface area contributed by atoms with Gasteiger partial charge in [-0.05, 0) is 24.3 Å². The molecule has 0 aliphatic rings. The van der Waals surface area contributed by atoms with Gasteiger partial charge in [-0.25, -0.2) is 8.42 Å². The third-order valence-corrected chi connectivity index (χ3v) is 3.40. The van der Waals surface area contributed by atoms with Crippen LogP contribution >= 0.6 is 0 Å². The summed E-state index contributed by atoms with van der Waals surface area (Å²) in [6, 6.07) is 11.4. The minimum Gasteiger partial charge on any atom is -0.320 e. The molecule has 0 saturated carbocycles. The van der Waals surface area contributed by atoms with Crippen LogP contribution in [-0.4, -0.2) is 25.5 Å². The van der Waals surface area contributed by atoms with Crippen molar-refractivity contribution in [1.29, 1.82) is 0 Å². The van der Waals surface area contributed by atoms with Gasteiger partial charge in [-0.1, -0.05) is 12.1 Å². The Bertz CT molecular complexity index is 847. The number of rotatable bonds is 5. The summed E-state index contributed by atoms with van der Waals surface area (Å²) in [6.45, 7) is 0. The molecular formula is C14H13N3O5S. The van der Waals surface area contributed by atoms with Gasteiger partial charge in [-0.15, -0.1) is 0 Å². The number of benzene rings is 2. The van der Waals surface area contributed by atoms with Crippen LogP contribution in [-0.2, 0) is 10.0 Å². The second kappa shape index (κ2) is 6.44. The Hall–Kier alpha value is -2.94. The van der Waals surface area contributed by atoms with Gasteiger partial charge >= 0.3 is 0 Å². The van der Waals surface area contributed by atoms with Crippen molar-refractivity contribution in [3.63, 3.8) is 0 Å². The third kappa shape index (κ3) is 4.51. The van der Waals surface area contributed by atoms with Crippen molar-refractivity contribution in [2.75, 3.05) is 16.3 Å². The van der Waals surface area contributed by atoms with Crippen molar-refractivity contribution in [1.82, 2.24) is 0 Å². The van der Waals surface area contributed by atoms with E-state index in [0.717, 1.165) is 6.26 Å². The molecule has 0 bridgehead atoms. The zero-order valence-electron chi connectivity index (χ0n) is 12.0. The molecule has 120 valence electrons. The first-order valence-electron chi connectivity index (χ1n) is 6.39. The monoisotopic (exact) mass is 335 g/mol. The zero-order valence-corrected chi connectivity index (χ0v) is 12.8. The highest BCUT2D eigenvalue weighted by Gasteiger charge is 2.12. The number of para-hydroxylation sites is 2. The molecule has 2 aromatic rings. The van der Waals surface area contributed by atoms with E-state index < -0.39 is 20.9 Å². The van der Waals surface area contributed by atoms with E-state index in [1.54, 1.807) is 12.1 Å². The quantitative estimate of drug-likeness (QED) is 0.641. The Morgan fingerprint density at radius 3 is 2.13 bits per heavy atom. The first kappa shape index (κ1) is 16.4. The second-order valence-electron chi connectivity index (χ2n) is 4.68. The predicted molar refractivity (Wildman–Crippen MR) is 86.0 cm³/mol. The summed E-state index contributed by atoms with van der Waals surface area (Å²) in [5, 5.41) is 13.2. The van der Waals surface area contributed by atoms with Crippen LogP contribution in [0.5, 0.6) is 0 Å². The number of carbonyl (C=O) groups excluding carboxylic acids is 1. The number of sulfonamides is 1. The van der Waals surface area contributed by atoms with E-state index in [9.17, 15) is 23.3 Å². The summed E-state index contributed by atoms with van der Waals surface area (Å²) in [7, 11) is -3.49. The average Bonchev–Trinajstić information content (AvgIpc) is 2.48. The molecule has 0 aliphatic carbocycles. The lowest BCUT2D eigenvalue weighted by Gasteiger charge is -2.11. The molecule has 0 radical (unpaired) electrons. The summed E-state index contributed by atoms with van der Waals surface area (Å²) in [5.41, 5.74) is 0.594. The number of hydrogen-bond acceptors (Lipinski definition) is 5. The maximum atomic E-state index is 12.2. The number of nitrogens with zero attached hydrogens (tertiary/aromatic N) is 1. The van der Waals surface area contributed by atoms with Crippen molar-refractivity contribution in [2.45, 2.75) is 0 Å². The smallest absolute Gasteiger partial charge is 0.269 e. The molecule has 8 nitrogen and oxygen atoms in total. The van der Waals surface area contributed by atoms with Crippen LogP contribution in [0.15, 0.2) is 48.5 Å². The zero-order chi connectivity index (χ0) is 17.0. The lowest BCUT2D eigenvalue weighted by atomic mass is 10.2. The highest BCUT2D eigenvalue weighted by Crippen LogP contribution is 2.23. The van der Waals surface area contributed by atoms with Crippen molar-refractivity contribution >= 4 is 33.0 Å². The normalized spacial score (nSPS) is 10.8. The van der Waals surface area contributed by atoms with Crippen molar-refractivity contribution < 1.29 is 18.1 Å². The number of hydrogen-bond donors (Lipinski definition) is 2. The maximum absolute atomic E-state index is 12.2. The number of nitro benzene ring substituents is 1. The Balaban J connectivity index is 2.22. The third-order valence-electron chi connectivity index (χ3n) is 2.81. The molecule has 0 spiro atoms. The molecule has 0 heterocycles. The highest BCUT2D eigenvalue weighted by atomic mass is 32.2. The largest absolute Gasteiger partial charge is 0.320 e. The molecule has 0 atom stereocenters. The van der Waals surface area contributed by atoms with Crippen LogP contribution in [0.1, 0.15) is 10.4 Å². The van der Waals surface area contributed by atoms with Gasteiger partial charge < -0.3 is 5.32 Å². The predicted octanol–water partition coefficient (Wildman–Crippen LogP) is 2.22. The van der Waals surface area contributed by atoms with Gasteiger partial charge in [0.1, 0.15) is 0 Å². The highest BCUT2D eigenvalue weighted by molar-refractivity contribution is 7.92. The van der Waals surface area contributed by atoms with E-state index in [1.165, 1.54) is 36.4 Å². The number of amides is 1. The van der Waals surface area contributed by atoms with Crippen LogP contribution in [0.3, 0.4) is 0 Å². The van der Waals surface area contributed by atoms with Crippen molar-refractivity contribution in [3.05, 3.63) is 64.2 Å². The fraction of sp³-hybridized carbons (Fsp3) is 0.0714. The standard InChI is InChI=1S/C14H13N3O5S/c1-23(21,22)16-13-5-3-2-4-12(13)15-14(18)10-6-8-11(9-7-10)17(19)20/h2-9,16H,1H3,(H,15,18). The van der Waals surface area contributed by atoms with Crippen molar-refractivity contribution in [2.24, 2.45) is 0 Å². The first-order valence-corrected chi connectivity index (χ1v) is 8.28. The average molecular weight is 335 g/mol. The Labute approximate surface area is 132 Å². The SMILES string of the molecule is CS(=O)(=O)Nc1ccccc1NC(=O)c1ccc([N+](=O)[O-])cc1. The van der Waals surface area contributed by atoms with Crippen LogP contribution in [0, 0.1) is 10.1 Å². The molecule has 23 heavy (non-hydrogen) atoms. The number of non-ortho nitro benzene ring substituents is 1. The summed E-state index contributed by atoms with van der Waals surface area (Å²) < 4.78 is 24.9. The van der Waals surface area contributed by atoms with Crippen molar-refractivity contribution in [3.8, 4) is 0 Å². The van der Waals surface area contributed by atoms with Gasteiger partial charge in [-0.2, -0.15) is 0 Å². The summed E-state index contributed by atoms with van der Waals surface area (Å²) >= 11 is 0. The lowest BCUT2D eigenvalue weighted by molar-refractivity contribution is -0.384. The molecule has 0 unspecified atom stereocenters. The Morgan fingerprint density at radius 2 is 1.61 bits per heavy atom. The Morgan fingerprint density at radius 1 is 1.04 bits per heavy atom. The lowest BCUT2D eigenvalue weighted by Crippen LogP contribution is -2.16. The first-order chi connectivity index (χ1) is 10.8. The molecule has 0 fully saturated rings. The summed E-state index contributed by atoms with van der Waals surface area (Å²) in [4.78, 5) is 22.2. The van der Waals surface area contributed by atoms with Crippen LogP contribution < -0.4 is 10.0 Å². The van der Waals surface area contributed by atoms with Crippen LogP contribution in [0.4, 0.5) is 17.1 Å². The summed E-state index contributed by atoms with van der Waals surface area (Å²) in [6.07, 6.45) is 1.00. The van der Waals surface area contributed by atoms with Gasteiger partial charge in [0.05, 0.1) is 22.6 Å². The molecule has 0 aromatic heterocycles. The van der Waals surface area contributed by atoms with Crippen LogP contribution in [0.2, 0.25) is 0 Å². The molecule has 2 N–H and O–H groups in total. The molecule has 2 aromatic carbocycles. The number of nitrogens with one attached hydrogen (secondary N) is 2. The van der Waals surface area contributed by atoms with E-state index in [1.807, 2.05) is 0 Å². The number of carbonyl (C=O) groups is 1. The molecule has 2 rings (SSSR count). The molecular weight excluding hydrogens is 322 g/mol. The van der Waals surface area contributed by atoms with Gasteiger partial charge in [0.2, 0.25) is 10.0 Å². The maximum Gasteiger partial charge on any atom is 0.269 e. The van der Waals surface area contributed by atoms with Gasteiger partial charge in [0.15, 0.2) is 0 Å². The number of anilines is 2. The minimum absolute atomic E-state index is 0.124. The summed E-state index contributed by atoms with van der Waals surface area (Å²) in [5.74, 6) is -0.511. The fourth-order valence-corrected chi connectivity index (χ4v) is 2.39. The topological polar surface area (TPSA) is 118 Å². The minimum atomic E-state index is -3.49. The van der Waals surface area contributed by atoms with Crippen LogP contribution in [0.25, 0.3) is 0 Å². The van der Waals surface area contributed by atoms with E-state index in [2.05, 4.69) is 10.0 Å². The number of nitro groups is 1. The van der Waals surface area contributed by atoms with E-state index in [-0.39, 0.29) is 22.6 Å². The van der Waals surface area contributed by atoms with Gasteiger partial charge in [0.25, 0.3) is 11.6 Å².